The number of nitrogens with one attached hydrogen (secondary N) is 1. The van der Waals surface area contributed by atoms with Crippen LogP contribution in [-0.4, -0.2) is 33.2 Å². The first-order chi connectivity index (χ1) is 16.4. The van der Waals surface area contributed by atoms with Crippen LogP contribution in [0.15, 0.2) is 48.5 Å². The molecule has 0 aliphatic carbocycles. The van der Waals surface area contributed by atoms with Gasteiger partial charge in [-0.3, -0.25) is 4.79 Å². The third-order valence-electron chi connectivity index (χ3n) is 5.20. The van der Waals surface area contributed by atoms with Crippen LogP contribution in [0.2, 0.25) is 0 Å². The van der Waals surface area contributed by atoms with E-state index in [-0.39, 0.29) is 34.0 Å². The van der Waals surface area contributed by atoms with Gasteiger partial charge in [-0.25, -0.2) is 27.0 Å². The Morgan fingerprint density at radius 1 is 1.17 bits per heavy atom. The number of carbonyl (C=O) groups is 2. The maximum Gasteiger partial charge on any atom is 0.335 e. The first-order valence-corrected chi connectivity index (χ1v) is 10.5. The van der Waals surface area contributed by atoms with Gasteiger partial charge in [-0.2, -0.15) is 5.10 Å². The molecule has 2 N–H and O–H groups in total. The van der Waals surface area contributed by atoms with Crippen molar-refractivity contribution in [2.45, 2.75) is 38.7 Å². The molecule has 0 aliphatic rings. The maximum atomic E-state index is 13.7. The van der Waals surface area contributed by atoms with Crippen molar-refractivity contribution in [2.75, 3.05) is 0 Å². The number of aromatic carboxylic acids is 1. The molecule has 0 aliphatic heterocycles. The zero-order valence-electron chi connectivity index (χ0n) is 19.1. The summed E-state index contributed by atoms with van der Waals surface area (Å²) in [6.07, 6.45) is -3.62. The summed E-state index contributed by atoms with van der Waals surface area (Å²) in [5.74, 6) is -5.23. The standard InChI is InChI=1S/C24H23F4N3O4/c1-13(14-7-9-15(10-8-14)23(33)34)29-21(32)20-18(12-19(25)26)30-31(3)22(20)35-17-6-4-5-16(11-17)24(2,27)28/h4-11,13,19H,12H2,1-3H3,(H,29,32)(H,33,34)/t13-/m0/s1. The monoisotopic (exact) mass is 493 g/mol. The molecule has 3 rings (SSSR count). The lowest BCUT2D eigenvalue weighted by molar-refractivity contribution is 0.0172. The van der Waals surface area contributed by atoms with Gasteiger partial charge in [0.2, 0.25) is 12.3 Å². The lowest BCUT2D eigenvalue weighted by Crippen LogP contribution is -2.28. The van der Waals surface area contributed by atoms with Gasteiger partial charge in [-0.05, 0) is 36.8 Å². The molecule has 0 saturated heterocycles. The Morgan fingerprint density at radius 2 is 1.83 bits per heavy atom. The topological polar surface area (TPSA) is 93.5 Å². The Labute approximate surface area is 198 Å². The van der Waals surface area contributed by atoms with E-state index in [9.17, 15) is 27.2 Å². The molecule has 3 aromatic rings. The van der Waals surface area contributed by atoms with Gasteiger partial charge in [-0.15, -0.1) is 0 Å². The molecule has 11 heteroatoms. The summed E-state index contributed by atoms with van der Waals surface area (Å²) in [7, 11) is 1.38. The van der Waals surface area contributed by atoms with Crippen molar-refractivity contribution in [1.82, 2.24) is 15.1 Å². The van der Waals surface area contributed by atoms with Crippen molar-refractivity contribution < 1.29 is 37.0 Å². The lowest BCUT2D eigenvalue weighted by atomic mass is 10.1. The third kappa shape index (κ3) is 6.17. The smallest absolute Gasteiger partial charge is 0.335 e. The van der Waals surface area contributed by atoms with E-state index in [4.69, 9.17) is 9.84 Å². The minimum Gasteiger partial charge on any atom is -0.478 e. The van der Waals surface area contributed by atoms with Crippen molar-refractivity contribution in [3.05, 3.63) is 76.5 Å². The SMILES string of the molecule is C[C@H](NC(=O)c1c(CC(F)F)nn(C)c1Oc1cccc(C(C)(F)F)c1)c1ccc(C(=O)O)cc1. The van der Waals surface area contributed by atoms with E-state index in [1.807, 2.05) is 0 Å². The third-order valence-corrected chi connectivity index (χ3v) is 5.20. The summed E-state index contributed by atoms with van der Waals surface area (Å²) in [5.41, 5.74) is -0.164. The summed E-state index contributed by atoms with van der Waals surface area (Å²) in [6.45, 7) is 2.35. The molecule has 0 bridgehead atoms. The predicted octanol–water partition coefficient (Wildman–Crippen LogP) is 5.32. The van der Waals surface area contributed by atoms with E-state index in [0.29, 0.717) is 5.56 Å². The Balaban J connectivity index is 1.93. The van der Waals surface area contributed by atoms with Gasteiger partial charge in [0.1, 0.15) is 11.3 Å². The summed E-state index contributed by atoms with van der Waals surface area (Å²) in [5, 5.41) is 15.7. The zero-order valence-corrected chi connectivity index (χ0v) is 19.1. The molecule has 7 nitrogen and oxygen atoms in total. The van der Waals surface area contributed by atoms with Crippen molar-refractivity contribution >= 4 is 11.9 Å². The molecule has 1 aromatic heterocycles. The van der Waals surface area contributed by atoms with Crippen LogP contribution in [0, 0.1) is 0 Å². The number of alkyl halides is 4. The second-order valence-corrected chi connectivity index (χ2v) is 7.99. The Kier molecular flexibility index (Phi) is 7.47. The normalized spacial score (nSPS) is 12.5. The van der Waals surface area contributed by atoms with Gasteiger partial charge >= 0.3 is 5.97 Å². The lowest BCUT2D eigenvalue weighted by Gasteiger charge is -2.16. The van der Waals surface area contributed by atoms with Crippen LogP contribution >= 0.6 is 0 Å². The molecule has 0 unspecified atom stereocenters. The summed E-state index contributed by atoms with van der Waals surface area (Å²) < 4.78 is 60.6. The number of benzene rings is 2. The van der Waals surface area contributed by atoms with E-state index in [1.54, 1.807) is 6.92 Å². The molecule has 186 valence electrons. The van der Waals surface area contributed by atoms with Gasteiger partial charge in [0.15, 0.2) is 0 Å². The molecule has 1 heterocycles. The van der Waals surface area contributed by atoms with E-state index in [0.717, 1.165) is 17.7 Å². The fourth-order valence-electron chi connectivity index (χ4n) is 3.41. The summed E-state index contributed by atoms with van der Waals surface area (Å²) in [4.78, 5) is 24.2. The van der Waals surface area contributed by atoms with Gasteiger partial charge in [0.05, 0.1) is 23.7 Å². The predicted molar refractivity (Wildman–Crippen MR) is 118 cm³/mol. The quantitative estimate of drug-likeness (QED) is 0.394. The van der Waals surface area contributed by atoms with E-state index < -0.39 is 36.7 Å². The number of nitrogens with zero attached hydrogens (tertiary/aromatic N) is 2. The number of carboxylic acids is 1. The van der Waals surface area contributed by atoms with Crippen molar-refractivity contribution in [1.29, 1.82) is 0 Å². The molecule has 0 spiro atoms. The Morgan fingerprint density at radius 3 is 2.40 bits per heavy atom. The van der Waals surface area contributed by atoms with Crippen LogP contribution in [0.3, 0.4) is 0 Å². The van der Waals surface area contributed by atoms with Crippen molar-refractivity contribution in [2.24, 2.45) is 7.05 Å². The van der Waals surface area contributed by atoms with Crippen LogP contribution < -0.4 is 10.1 Å². The molecule has 35 heavy (non-hydrogen) atoms. The van der Waals surface area contributed by atoms with Crippen molar-refractivity contribution in [3.63, 3.8) is 0 Å². The van der Waals surface area contributed by atoms with Gasteiger partial charge in [-0.1, -0.05) is 24.3 Å². The highest BCUT2D eigenvalue weighted by molar-refractivity contribution is 5.98. The number of carboxylic acid groups (broad SMARTS) is 1. The van der Waals surface area contributed by atoms with E-state index in [2.05, 4.69) is 10.4 Å². The number of hydrogen-bond donors (Lipinski definition) is 2. The van der Waals surface area contributed by atoms with Crippen LogP contribution in [0.5, 0.6) is 11.6 Å². The van der Waals surface area contributed by atoms with Crippen LogP contribution in [0.4, 0.5) is 17.6 Å². The van der Waals surface area contributed by atoms with Crippen LogP contribution in [-0.2, 0) is 19.4 Å². The highest BCUT2D eigenvalue weighted by Crippen LogP contribution is 2.33. The summed E-state index contributed by atoms with van der Waals surface area (Å²) in [6, 6.07) is 10.2. The first kappa shape index (κ1) is 25.7. The number of aromatic nitrogens is 2. The minimum atomic E-state index is -3.14. The molecular weight excluding hydrogens is 470 g/mol. The fraction of sp³-hybridized carbons (Fsp3) is 0.292. The summed E-state index contributed by atoms with van der Waals surface area (Å²) >= 11 is 0. The first-order valence-electron chi connectivity index (χ1n) is 10.5. The number of carbonyl (C=O) groups excluding carboxylic acids is 1. The van der Waals surface area contributed by atoms with Gasteiger partial charge < -0.3 is 15.2 Å². The zero-order chi connectivity index (χ0) is 25.9. The number of amides is 1. The van der Waals surface area contributed by atoms with Gasteiger partial charge in [0.25, 0.3) is 11.8 Å². The highest BCUT2D eigenvalue weighted by Gasteiger charge is 2.29. The van der Waals surface area contributed by atoms with E-state index >= 15 is 0 Å². The second-order valence-electron chi connectivity index (χ2n) is 7.99. The van der Waals surface area contributed by atoms with Crippen LogP contribution in [0.1, 0.15) is 57.4 Å². The minimum absolute atomic E-state index is 0.0259. The number of hydrogen-bond acceptors (Lipinski definition) is 4. The molecule has 1 amide bonds. The molecule has 0 saturated carbocycles. The van der Waals surface area contributed by atoms with Crippen molar-refractivity contribution in [3.8, 4) is 11.6 Å². The number of ether oxygens (including phenoxy) is 1. The number of aryl methyl sites for hydroxylation is 1. The molecule has 0 radical (unpaired) electrons. The number of rotatable bonds is 9. The average molecular weight is 493 g/mol. The number of halogens is 4. The molecular formula is C24H23F4N3O4. The largest absolute Gasteiger partial charge is 0.478 e. The second kappa shape index (κ2) is 10.2. The van der Waals surface area contributed by atoms with Crippen LogP contribution in [0.25, 0.3) is 0 Å². The molecule has 0 fully saturated rings. The van der Waals surface area contributed by atoms with Gasteiger partial charge in [0, 0.05) is 19.5 Å². The Bertz CT molecular complexity index is 1220. The highest BCUT2D eigenvalue weighted by atomic mass is 19.3. The molecule has 2 aromatic carbocycles. The molecule has 1 atom stereocenters. The Hall–Kier alpha value is -3.89. The average Bonchev–Trinajstić information content (AvgIpc) is 3.07. The van der Waals surface area contributed by atoms with E-state index in [1.165, 1.54) is 49.5 Å². The maximum absolute atomic E-state index is 13.7. The fourth-order valence-corrected chi connectivity index (χ4v) is 3.41.